The standard InChI is InChI=1S/C13H12BrF3N4/c1-2-3-18-12-10(14)13(20-6-19-12)21-7-4-8(15)11(17)9(16)5-7/h4-6H,2-3H2,1H3,(H2,18,19,20,21). The van der Waals surface area contributed by atoms with Gasteiger partial charge in [0, 0.05) is 24.4 Å². The second-order valence-corrected chi connectivity index (χ2v) is 4.98. The number of nitrogens with zero attached hydrogens (tertiary/aromatic N) is 2. The van der Waals surface area contributed by atoms with Gasteiger partial charge in [-0.2, -0.15) is 0 Å². The molecule has 0 unspecified atom stereocenters. The van der Waals surface area contributed by atoms with Gasteiger partial charge in [0.05, 0.1) is 0 Å². The number of nitrogens with one attached hydrogen (secondary N) is 2. The lowest BCUT2D eigenvalue weighted by molar-refractivity contribution is 0.448. The summed E-state index contributed by atoms with van der Waals surface area (Å²) in [6.45, 7) is 2.72. The highest BCUT2D eigenvalue weighted by atomic mass is 79.9. The first-order valence-electron chi connectivity index (χ1n) is 6.18. The molecule has 1 aromatic carbocycles. The molecule has 4 nitrogen and oxygen atoms in total. The van der Waals surface area contributed by atoms with Crippen molar-refractivity contribution < 1.29 is 13.2 Å². The lowest BCUT2D eigenvalue weighted by atomic mass is 10.3. The number of rotatable bonds is 5. The molecule has 0 aliphatic heterocycles. The summed E-state index contributed by atoms with van der Waals surface area (Å²) in [6.07, 6.45) is 2.22. The molecule has 0 atom stereocenters. The zero-order valence-electron chi connectivity index (χ0n) is 11.1. The molecule has 0 radical (unpaired) electrons. The Labute approximate surface area is 127 Å². The first kappa shape index (κ1) is 15.6. The fraction of sp³-hybridized carbons (Fsp3) is 0.231. The van der Waals surface area contributed by atoms with Gasteiger partial charge >= 0.3 is 0 Å². The highest BCUT2D eigenvalue weighted by Crippen LogP contribution is 2.29. The van der Waals surface area contributed by atoms with E-state index in [1.807, 2.05) is 6.92 Å². The van der Waals surface area contributed by atoms with Gasteiger partial charge in [0.2, 0.25) is 0 Å². The molecule has 0 spiro atoms. The SMILES string of the molecule is CCCNc1ncnc(Nc2cc(F)c(F)c(F)c2)c1Br. The molecular formula is C13H12BrF3N4. The van der Waals surface area contributed by atoms with Crippen molar-refractivity contribution >= 4 is 33.3 Å². The number of hydrogen-bond acceptors (Lipinski definition) is 4. The summed E-state index contributed by atoms with van der Waals surface area (Å²) < 4.78 is 39.8. The summed E-state index contributed by atoms with van der Waals surface area (Å²) in [5, 5.41) is 5.79. The fourth-order valence-electron chi connectivity index (χ4n) is 1.59. The average Bonchev–Trinajstić information content (AvgIpc) is 2.45. The van der Waals surface area contributed by atoms with Crippen LogP contribution in [-0.4, -0.2) is 16.5 Å². The molecule has 2 aromatic rings. The second kappa shape index (κ2) is 6.75. The van der Waals surface area contributed by atoms with Crippen LogP contribution in [0.15, 0.2) is 22.9 Å². The van der Waals surface area contributed by atoms with Crippen LogP contribution >= 0.6 is 15.9 Å². The Kier molecular flexibility index (Phi) is 5.00. The molecule has 0 saturated carbocycles. The second-order valence-electron chi connectivity index (χ2n) is 4.19. The van der Waals surface area contributed by atoms with E-state index in [2.05, 4.69) is 36.5 Å². The molecule has 8 heteroatoms. The van der Waals surface area contributed by atoms with Crippen LogP contribution in [0.25, 0.3) is 0 Å². The Balaban J connectivity index is 2.27. The molecular weight excluding hydrogens is 349 g/mol. The molecule has 2 rings (SSSR count). The Morgan fingerprint density at radius 2 is 1.71 bits per heavy atom. The van der Waals surface area contributed by atoms with E-state index < -0.39 is 17.5 Å². The number of halogens is 4. The predicted molar refractivity (Wildman–Crippen MR) is 78.1 cm³/mol. The summed E-state index contributed by atoms with van der Waals surface area (Å²) in [5.74, 6) is -3.18. The van der Waals surface area contributed by atoms with Crippen molar-refractivity contribution in [1.29, 1.82) is 0 Å². The summed E-state index contributed by atoms with van der Waals surface area (Å²) in [6, 6.07) is 1.71. The van der Waals surface area contributed by atoms with Gasteiger partial charge in [-0.1, -0.05) is 6.92 Å². The average molecular weight is 361 g/mol. The molecule has 21 heavy (non-hydrogen) atoms. The Hall–Kier alpha value is -1.83. The quantitative estimate of drug-likeness (QED) is 0.783. The van der Waals surface area contributed by atoms with E-state index in [9.17, 15) is 13.2 Å². The van der Waals surface area contributed by atoms with Crippen LogP contribution in [0.2, 0.25) is 0 Å². The van der Waals surface area contributed by atoms with E-state index in [0.717, 1.165) is 25.1 Å². The molecule has 112 valence electrons. The van der Waals surface area contributed by atoms with Gasteiger partial charge < -0.3 is 10.6 Å². The van der Waals surface area contributed by atoms with Crippen molar-refractivity contribution in [2.75, 3.05) is 17.2 Å². The van der Waals surface area contributed by atoms with Gasteiger partial charge in [-0.25, -0.2) is 23.1 Å². The van der Waals surface area contributed by atoms with Crippen molar-refractivity contribution in [3.05, 3.63) is 40.4 Å². The van der Waals surface area contributed by atoms with Gasteiger partial charge in [0.25, 0.3) is 0 Å². The van der Waals surface area contributed by atoms with Gasteiger partial charge in [0.15, 0.2) is 17.5 Å². The van der Waals surface area contributed by atoms with Crippen molar-refractivity contribution in [1.82, 2.24) is 9.97 Å². The van der Waals surface area contributed by atoms with Crippen LogP contribution < -0.4 is 10.6 Å². The van der Waals surface area contributed by atoms with Gasteiger partial charge in [-0.15, -0.1) is 0 Å². The molecule has 1 aromatic heterocycles. The molecule has 0 amide bonds. The van der Waals surface area contributed by atoms with E-state index in [1.54, 1.807) is 0 Å². The summed E-state index contributed by atoms with van der Waals surface area (Å²) in [5.41, 5.74) is 0.0484. The topological polar surface area (TPSA) is 49.8 Å². The van der Waals surface area contributed by atoms with Gasteiger partial charge in [0.1, 0.15) is 22.4 Å². The third-order valence-corrected chi connectivity index (χ3v) is 3.33. The van der Waals surface area contributed by atoms with Crippen molar-refractivity contribution in [3.8, 4) is 0 Å². The number of hydrogen-bond donors (Lipinski definition) is 2. The van der Waals surface area contributed by atoms with Gasteiger partial charge in [-0.05, 0) is 22.4 Å². The van der Waals surface area contributed by atoms with Crippen LogP contribution in [0.4, 0.5) is 30.5 Å². The van der Waals surface area contributed by atoms with E-state index in [1.165, 1.54) is 6.33 Å². The van der Waals surface area contributed by atoms with E-state index in [4.69, 9.17) is 0 Å². The third-order valence-electron chi connectivity index (χ3n) is 2.58. The Morgan fingerprint density at radius 3 is 2.33 bits per heavy atom. The maximum Gasteiger partial charge on any atom is 0.194 e. The Morgan fingerprint density at radius 1 is 1.10 bits per heavy atom. The first-order valence-corrected chi connectivity index (χ1v) is 6.98. The number of anilines is 3. The molecule has 1 heterocycles. The normalized spacial score (nSPS) is 10.5. The third kappa shape index (κ3) is 3.63. The number of aromatic nitrogens is 2. The van der Waals surface area contributed by atoms with Crippen LogP contribution in [-0.2, 0) is 0 Å². The molecule has 2 N–H and O–H groups in total. The maximum absolute atomic E-state index is 13.2. The Bertz CT molecular complexity index is 628. The van der Waals surface area contributed by atoms with Crippen LogP contribution in [0, 0.1) is 17.5 Å². The van der Waals surface area contributed by atoms with Crippen LogP contribution in [0.3, 0.4) is 0 Å². The number of benzene rings is 1. The zero-order valence-corrected chi connectivity index (χ0v) is 12.6. The smallest absolute Gasteiger partial charge is 0.194 e. The predicted octanol–water partition coefficient (Wildman–Crippen LogP) is 4.22. The fourth-order valence-corrected chi connectivity index (χ4v) is 2.03. The maximum atomic E-state index is 13.2. The first-order chi connectivity index (χ1) is 10.0. The minimum atomic E-state index is -1.51. The molecule has 0 saturated heterocycles. The van der Waals surface area contributed by atoms with E-state index in [0.29, 0.717) is 16.1 Å². The molecule has 0 fully saturated rings. The molecule has 0 bridgehead atoms. The summed E-state index contributed by atoms with van der Waals surface area (Å²) in [7, 11) is 0. The summed E-state index contributed by atoms with van der Waals surface area (Å²) >= 11 is 3.31. The van der Waals surface area contributed by atoms with Crippen molar-refractivity contribution in [2.45, 2.75) is 13.3 Å². The van der Waals surface area contributed by atoms with Gasteiger partial charge in [-0.3, -0.25) is 0 Å². The lowest BCUT2D eigenvalue weighted by Gasteiger charge is -2.11. The monoisotopic (exact) mass is 360 g/mol. The van der Waals surface area contributed by atoms with Crippen molar-refractivity contribution in [3.63, 3.8) is 0 Å². The van der Waals surface area contributed by atoms with Crippen molar-refractivity contribution in [2.24, 2.45) is 0 Å². The van der Waals surface area contributed by atoms with Crippen LogP contribution in [0.1, 0.15) is 13.3 Å². The lowest BCUT2D eigenvalue weighted by Crippen LogP contribution is -2.05. The minimum absolute atomic E-state index is 0.0484. The largest absolute Gasteiger partial charge is 0.369 e. The molecule has 0 aliphatic rings. The summed E-state index contributed by atoms with van der Waals surface area (Å²) in [4.78, 5) is 8.03. The van der Waals surface area contributed by atoms with E-state index >= 15 is 0 Å². The molecule has 0 aliphatic carbocycles. The zero-order chi connectivity index (χ0) is 15.4. The minimum Gasteiger partial charge on any atom is -0.369 e. The van der Waals surface area contributed by atoms with E-state index in [-0.39, 0.29) is 5.69 Å². The highest BCUT2D eigenvalue weighted by molar-refractivity contribution is 9.10. The van der Waals surface area contributed by atoms with Crippen LogP contribution in [0.5, 0.6) is 0 Å². The highest BCUT2D eigenvalue weighted by Gasteiger charge is 2.13.